The van der Waals surface area contributed by atoms with Crippen LogP contribution in [0.2, 0.25) is 0 Å². The number of hydrogen-bond acceptors (Lipinski definition) is 8. The highest BCUT2D eigenvalue weighted by molar-refractivity contribution is 5.57. The van der Waals surface area contributed by atoms with Crippen LogP contribution in [0.5, 0.6) is 0 Å². The summed E-state index contributed by atoms with van der Waals surface area (Å²) in [5.74, 6) is -0.0348. The number of aromatic nitrogens is 5. The molecule has 4 N–H and O–H groups in total. The smallest absolute Gasteiger partial charge is 0.351 e. The standard InChI is InChI=1S/C17H17FN6O4/c18-13-14(26)17(9-25,28-15(13)23-7-6-12(19)20-16(23)27)24-8-11(21-22-24)10-4-2-1-3-5-10/h1-8,13-15,25-26H,9H2,(H2,19,20,27)/t13-,14-,15+,17+/m0/s1. The molecular weight excluding hydrogens is 371 g/mol. The molecule has 0 aliphatic carbocycles. The first-order chi connectivity index (χ1) is 13.5. The number of alkyl halides is 1. The van der Waals surface area contributed by atoms with Gasteiger partial charge in [0.1, 0.15) is 17.6 Å². The van der Waals surface area contributed by atoms with Crippen LogP contribution in [0.1, 0.15) is 6.23 Å². The van der Waals surface area contributed by atoms with Crippen molar-refractivity contribution in [3.63, 3.8) is 0 Å². The average Bonchev–Trinajstić information content (AvgIpc) is 3.29. The molecule has 1 aliphatic heterocycles. The molecule has 2 aromatic heterocycles. The molecule has 146 valence electrons. The number of halogens is 1. The van der Waals surface area contributed by atoms with Gasteiger partial charge in [0.15, 0.2) is 12.4 Å². The molecule has 1 aromatic carbocycles. The number of nitrogen functional groups attached to an aromatic ring is 1. The molecule has 10 nitrogen and oxygen atoms in total. The second-order valence-corrected chi connectivity index (χ2v) is 6.36. The van der Waals surface area contributed by atoms with Gasteiger partial charge in [-0.15, -0.1) is 5.10 Å². The van der Waals surface area contributed by atoms with Gasteiger partial charge in [-0.25, -0.2) is 13.9 Å². The fraction of sp³-hybridized carbons (Fsp3) is 0.294. The highest BCUT2D eigenvalue weighted by Crippen LogP contribution is 2.41. The minimum atomic E-state index is -2.04. The normalized spacial score (nSPS) is 27.2. The number of anilines is 1. The molecule has 28 heavy (non-hydrogen) atoms. The molecule has 1 saturated heterocycles. The lowest BCUT2D eigenvalue weighted by molar-refractivity contribution is -0.187. The van der Waals surface area contributed by atoms with E-state index in [2.05, 4.69) is 15.3 Å². The summed E-state index contributed by atoms with van der Waals surface area (Å²) < 4.78 is 22.4. The quantitative estimate of drug-likeness (QED) is 0.551. The first-order valence-electron chi connectivity index (χ1n) is 8.40. The third-order valence-electron chi connectivity index (χ3n) is 4.66. The minimum Gasteiger partial charge on any atom is -0.391 e. The first-order valence-corrected chi connectivity index (χ1v) is 8.40. The van der Waals surface area contributed by atoms with Gasteiger partial charge in [0, 0.05) is 11.8 Å². The Bertz CT molecular complexity index is 1040. The van der Waals surface area contributed by atoms with Gasteiger partial charge in [0.05, 0.1) is 12.8 Å². The van der Waals surface area contributed by atoms with Crippen molar-refractivity contribution in [3.8, 4) is 11.3 Å². The van der Waals surface area contributed by atoms with Crippen molar-refractivity contribution in [1.29, 1.82) is 0 Å². The lowest BCUT2D eigenvalue weighted by Gasteiger charge is -2.29. The Morgan fingerprint density at radius 1 is 1.29 bits per heavy atom. The number of rotatable bonds is 4. The van der Waals surface area contributed by atoms with Gasteiger partial charge in [0.2, 0.25) is 5.72 Å². The summed E-state index contributed by atoms with van der Waals surface area (Å²) in [6.07, 6.45) is -2.77. The van der Waals surface area contributed by atoms with E-state index in [1.807, 2.05) is 18.2 Å². The van der Waals surface area contributed by atoms with Crippen LogP contribution >= 0.6 is 0 Å². The monoisotopic (exact) mass is 388 g/mol. The molecule has 4 atom stereocenters. The van der Waals surface area contributed by atoms with Crippen molar-refractivity contribution in [3.05, 3.63) is 59.3 Å². The van der Waals surface area contributed by atoms with Crippen molar-refractivity contribution >= 4 is 5.82 Å². The molecule has 11 heteroatoms. The largest absolute Gasteiger partial charge is 0.391 e. The Kier molecular flexibility index (Phi) is 4.41. The Labute approximate surface area is 157 Å². The summed E-state index contributed by atoms with van der Waals surface area (Å²) in [5, 5.41) is 28.4. The summed E-state index contributed by atoms with van der Waals surface area (Å²) >= 11 is 0. The van der Waals surface area contributed by atoms with Crippen molar-refractivity contribution in [1.82, 2.24) is 24.5 Å². The highest BCUT2D eigenvalue weighted by Gasteiger charge is 2.58. The minimum absolute atomic E-state index is 0.0348. The molecule has 3 heterocycles. The molecule has 0 radical (unpaired) electrons. The molecule has 1 aliphatic rings. The Hall–Kier alpha value is -3.15. The number of benzene rings is 1. The Morgan fingerprint density at radius 3 is 2.71 bits per heavy atom. The van der Waals surface area contributed by atoms with Gasteiger partial charge in [-0.1, -0.05) is 35.5 Å². The summed E-state index contributed by atoms with van der Waals surface area (Å²) in [6, 6.07) is 10.4. The van der Waals surface area contributed by atoms with Crippen LogP contribution in [0.3, 0.4) is 0 Å². The molecule has 0 amide bonds. The van der Waals surface area contributed by atoms with Gasteiger partial charge in [-0.3, -0.25) is 4.57 Å². The van der Waals surface area contributed by atoms with Crippen LogP contribution in [-0.4, -0.2) is 53.6 Å². The van der Waals surface area contributed by atoms with Crippen molar-refractivity contribution < 1.29 is 19.3 Å². The fourth-order valence-corrected chi connectivity index (χ4v) is 3.16. The first kappa shape index (κ1) is 18.2. The zero-order chi connectivity index (χ0) is 19.9. The van der Waals surface area contributed by atoms with Crippen LogP contribution in [0.4, 0.5) is 10.2 Å². The zero-order valence-electron chi connectivity index (χ0n) is 14.5. The van der Waals surface area contributed by atoms with Crippen molar-refractivity contribution in [2.75, 3.05) is 12.3 Å². The van der Waals surface area contributed by atoms with E-state index < -0.39 is 36.5 Å². The van der Waals surface area contributed by atoms with E-state index >= 15 is 0 Å². The van der Waals surface area contributed by atoms with Crippen LogP contribution < -0.4 is 11.4 Å². The third kappa shape index (κ3) is 2.76. The topological polar surface area (TPSA) is 141 Å². The molecule has 3 aromatic rings. The molecular formula is C17H17FN6O4. The number of nitrogens with two attached hydrogens (primary N) is 1. The Balaban J connectivity index is 1.73. The number of aliphatic hydroxyl groups is 2. The summed E-state index contributed by atoms with van der Waals surface area (Å²) in [7, 11) is 0. The van der Waals surface area contributed by atoms with Crippen molar-refractivity contribution in [2.24, 2.45) is 0 Å². The highest BCUT2D eigenvalue weighted by atomic mass is 19.1. The van der Waals surface area contributed by atoms with Crippen LogP contribution in [0.15, 0.2) is 53.6 Å². The maximum absolute atomic E-state index is 14.9. The number of hydrogen-bond donors (Lipinski definition) is 3. The van der Waals surface area contributed by atoms with Gasteiger partial charge in [0.25, 0.3) is 0 Å². The number of nitrogens with zero attached hydrogens (tertiary/aromatic N) is 5. The summed E-state index contributed by atoms with van der Waals surface area (Å²) in [6.45, 7) is -0.806. The zero-order valence-corrected chi connectivity index (χ0v) is 14.5. The number of ether oxygens (including phenoxy) is 1. The van der Waals surface area contributed by atoms with Crippen molar-refractivity contribution in [2.45, 2.75) is 24.2 Å². The predicted molar refractivity (Wildman–Crippen MR) is 94.5 cm³/mol. The average molecular weight is 388 g/mol. The van der Waals surface area contributed by atoms with E-state index in [1.54, 1.807) is 12.1 Å². The predicted octanol–water partition coefficient (Wildman–Crippen LogP) is -0.343. The van der Waals surface area contributed by atoms with Gasteiger partial charge in [-0.05, 0) is 6.07 Å². The molecule has 0 unspecified atom stereocenters. The third-order valence-corrected chi connectivity index (χ3v) is 4.66. The van der Waals surface area contributed by atoms with E-state index in [0.717, 1.165) is 14.8 Å². The molecule has 4 rings (SSSR count). The lowest BCUT2D eigenvalue weighted by Crippen LogP contribution is -2.48. The van der Waals surface area contributed by atoms with Gasteiger partial charge >= 0.3 is 5.69 Å². The van der Waals surface area contributed by atoms with Gasteiger partial charge in [-0.2, -0.15) is 4.98 Å². The van der Waals surface area contributed by atoms with Gasteiger partial charge < -0.3 is 20.7 Å². The number of aliphatic hydroxyl groups excluding tert-OH is 2. The maximum Gasteiger partial charge on any atom is 0.351 e. The Morgan fingerprint density at radius 2 is 2.04 bits per heavy atom. The SMILES string of the molecule is Nc1ccn([C@@H]2O[C@@](CO)(n3cc(-c4ccccc4)nn3)[C@@H](O)[C@@H]2F)c(=O)n1. The molecule has 0 saturated carbocycles. The summed E-state index contributed by atoms with van der Waals surface area (Å²) in [4.78, 5) is 15.6. The van der Waals surface area contributed by atoms with E-state index in [-0.39, 0.29) is 5.82 Å². The van der Waals surface area contributed by atoms with E-state index in [1.165, 1.54) is 18.5 Å². The molecule has 1 fully saturated rings. The molecule has 0 spiro atoms. The second kappa shape index (κ2) is 6.78. The van der Waals surface area contributed by atoms with Crippen LogP contribution in [-0.2, 0) is 10.5 Å². The summed E-state index contributed by atoms with van der Waals surface area (Å²) in [5.41, 5.74) is 3.81. The second-order valence-electron chi connectivity index (χ2n) is 6.36. The van der Waals surface area contributed by atoms with E-state index in [9.17, 15) is 19.4 Å². The lowest BCUT2D eigenvalue weighted by atomic mass is 10.1. The molecule has 0 bridgehead atoms. The van der Waals surface area contributed by atoms with E-state index in [4.69, 9.17) is 10.5 Å². The van der Waals surface area contributed by atoms with Crippen LogP contribution in [0.25, 0.3) is 11.3 Å². The van der Waals surface area contributed by atoms with Crippen LogP contribution in [0, 0.1) is 0 Å². The van der Waals surface area contributed by atoms with E-state index in [0.29, 0.717) is 5.69 Å². The maximum atomic E-state index is 14.9. The fourth-order valence-electron chi connectivity index (χ4n) is 3.16.